The van der Waals surface area contributed by atoms with E-state index in [1.54, 1.807) is 0 Å². The van der Waals surface area contributed by atoms with Crippen molar-refractivity contribution in [3.05, 3.63) is 18.0 Å². The van der Waals surface area contributed by atoms with Crippen molar-refractivity contribution < 1.29 is 5.11 Å². The molecule has 0 radical (unpaired) electrons. The minimum atomic E-state index is -0.241. The Hall–Kier alpha value is -0.870. The predicted octanol–water partition coefficient (Wildman–Crippen LogP) is 2.13. The summed E-state index contributed by atoms with van der Waals surface area (Å²) in [5.74, 6) is 0.346. The van der Waals surface area contributed by atoms with E-state index in [1.165, 1.54) is 25.7 Å². The van der Waals surface area contributed by atoms with Crippen LogP contribution in [0.25, 0.3) is 0 Å². The highest BCUT2D eigenvalue weighted by molar-refractivity contribution is 5.05. The Kier molecular flexibility index (Phi) is 4.63. The molecule has 1 atom stereocenters. The van der Waals surface area contributed by atoms with Crippen molar-refractivity contribution in [3.8, 4) is 0 Å². The van der Waals surface area contributed by atoms with Gasteiger partial charge in [-0.15, -0.1) is 0 Å². The molecule has 1 aliphatic carbocycles. The molecule has 1 aromatic rings. The molecule has 19 heavy (non-hydrogen) atoms. The normalized spacial score (nSPS) is 20.1. The van der Waals surface area contributed by atoms with Crippen LogP contribution in [0, 0.1) is 11.3 Å². The van der Waals surface area contributed by atoms with Gasteiger partial charge in [0, 0.05) is 24.6 Å². The number of aliphatic hydroxyl groups is 1. The molecule has 0 spiro atoms. The van der Waals surface area contributed by atoms with Crippen LogP contribution >= 0.6 is 0 Å². The Bertz CT molecular complexity index is 390. The third-order valence-electron chi connectivity index (χ3n) is 4.84. The highest BCUT2D eigenvalue weighted by atomic mass is 16.3. The van der Waals surface area contributed by atoms with Crippen LogP contribution in [0.1, 0.15) is 51.3 Å². The largest absolute Gasteiger partial charge is 0.396 e. The van der Waals surface area contributed by atoms with Gasteiger partial charge >= 0.3 is 0 Å². The Morgan fingerprint density at radius 2 is 2.16 bits per heavy atom. The minimum absolute atomic E-state index is 0.122. The summed E-state index contributed by atoms with van der Waals surface area (Å²) in [5.41, 5.74) is 6.72. The first kappa shape index (κ1) is 14.5. The van der Waals surface area contributed by atoms with E-state index in [0.29, 0.717) is 18.5 Å². The highest BCUT2D eigenvalue weighted by Crippen LogP contribution is 2.32. The number of hydrogen-bond acceptors (Lipinski definition) is 3. The summed E-state index contributed by atoms with van der Waals surface area (Å²) in [5, 5.41) is 14.4. The summed E-state index contributed by atoms with van der Waals surface area (Å²) in [6, 6.07) is 2.66. The fourth-order valence-corrected chi connectivity index (χ4v) is 3.02. The second-order valence-electron chi connectivity index (χ2n) is 6.28. The molecule has 2 rings (SSSR count). The molecular formula is C15H27N3O. The molecule has 108 valence electrons. The van der Waals surface area contributed by atoms with Gasteiger partial charge in [0.05, 0.1) is 18.3 Å². The predicted molar refractivity (Wildman–Crippen MR) is 76.8 cm³/mol. The summed E-state index contributed by atoms with van der Waals surface area (Å²) in [6.45, 7) is 4.86. The lowest BCUT2D eigenvalue weighted by atomic mass is 9.74. The second kappa shape index (κ2) is 6.06. The van der Waals surface area contributed by atoms with Crippen molar-refractivity contribution in [2.45, 2.75) is 52.0 Å². The van der Waals surface area contributed by atoms with Gasteiger partial charge in [0.15, 0.2) is 0 Å². The van der Waals surface area contributed by atoms with Crippen LogP contribution in [0.15, 0.2) is 12.3 Å². The fourth-order valence-electron chi connectivity index (χ4n) is 3.02. The molecule has 4 nitrogen and oxygen atoms in total. The molecule has 0 aromatic carbocycles. The van der Waals surface area contributed by atoms with E-state index in [9.17, 15) is 5.11 Å². The average molecular weight is 265 g/mol. The molecule has 1 fully saturated rings. The van der Waals surface area contributed by atoms with Crippen molar-refractivity contribution in [2.75, 3.05) is 13.2 Å². The Morgan fingerprint density at radius 1 is 1.47 bits per heavy atom. The van der Waals surface area contributed by atoms with Crippen molar-refractivity contribution in [2.24, 2.45) is 17.1 Å². The van der Waals surface area contributed by atoms with Crippen molar-refractivity contribution in [3.63, 3.8) is 0 Å². The third kappa shape index (κ3) is 3.00. The monoisotopic (exact) mass is 265 g/mol. The number of aliphatic hydroxyl groups excluding tert-OH is 1. The van der Waals surface area contributed by atoms with Gasteiger partial charge in [-0.1, -0.05) is 26.7 Å². The lowest BCUT2D eigenvalue weighted by molar-refractivity contribution is 0.0830. The lowest BCUT2D eigenvalue weighted by Crippen LogP contribution is -2.41. The highest BCUT2D eigenvalue weighted by Gasteiger charge is 2.33. The first-order chi connectivity index (χ1) is 9.11. The molecule has 4 heteroatoms. The summed E-state index contributed by atoms with van der Waals surface area (Å²) < 4.78 is 2.11. The molecule has 1 aromatic heterocycles. The molecule has 0 saturated heterocycles. The topological polar surface area (TPSA) is 64.1 Å². The number of nitrogens with two attached hydrogens (primary N) is 1. The number of nitrogens with zero attached hydrogens (tertiary/aromatic N) is 2. The maximum Gasteiger partial charge on any atom is 0.0631 e. The summed E-state index contributed by atoms with van der Waals surface area (Å²) in [7, 11) is 0. The molecule has 1 aliphatic rings. The zero-order valence-corrected chi connectivity index (χ0v) is 12.2. The van der Waals surface area contributed by atoms with Gasteiger partial charge in [-0.25, -0.2) is 0 Å². The van der Waals surface area contributed by atoms with Crippen LogP contribution in [0.2, 0.25) is 0 Å². The van der Waals surface area contributed by atoms with E-state index in [2.05, 4.69) is 30.8 Å². The number of rotatable bonds is 6. The second-order valence-corrected chi connectivity index (χ2v) is 6.28. The molecule has 1 heterocycles. The Morgan fingerprint density at radius 3 is 2.68 bits per heavy atom. The van der Waals surface area contributed by atoms with Crippen molar-refractivity contribution in [1.82, 2.24) is 9.78 Å². The number of hydrogen-bond donors (Lipinski definition) is 2. The first-order valence-corrected chi connectivity index (χ1v) is 7.46. The molecule has 0 bridgehead atoms. The summed E-state index contributed by atoms with van der Waals surface area (Å²) in [6.07, 6.45) is 7.97. The Balaban J connectivity index is 2.09. The quantitative estimate of drug-likeness (QED) is 0.828. The van der Waals surface area contributed by atoms with E-state index >= 15 is 0 Å². The summed E-state index contributed by atoms with van der Waals surface area (Å²) >= 11 is 0. The maximum atomic E-state index is 9.71. The summed E-state index contributed by atoms with van der Waals surface area (Å²) in [4.78, 5) is 0. The van der Waals surface area contributed by atoms with Gasteiger partial charge in [0.1, 0.15) is 0 Å². The standard InChI is InChI=1S/C15H27N3O/c1-12(2)15(10-16,11-19)9-13-7-8-18(17-13)14-5-3-4-6-14/h7-8,12,14,19H,3-6,9-11,16H2,1-2H3. The van der Waals surface area contributed by atoms with Crippen LogP contribution in [0.4, 0.5) is 0 Å². The zero-order valence-electron chi connectivity index (χ0n) is 12.2. The zero-order chi connectivity index (χ0) is 13.9. The molecular weight excluding hydrogens is 238 g/mol. The van der Waals surface area contributed by atoms with Gasteiger partial charge < -0.3 is 10.8 Å². The molecule has 1 saturated carbocycles. The van der Waals surface area contributed by atoms with Gasteiger partial charge in [-0.05, 0) is 24.8 Å². The average Bonchev–Trinajstić information content (AvgIpc) is 3.06. The van der Waals surface area contributed by atoms with Crippen LogP contribution in [-0.4, -0.2) is 28.0 Å². The smallest absolute Gasteiger partial charge is 0.0631 e. The van der Waals surface area contributed by atoms with Gasteiger partial charge in [-0.2, -0.15) is 5.10 Å². The van der Waals surface area contributed by atoms with Gasteiger partial charge in [-0.3, -0.25) is 4.68 Å². The van der Waals surface area contributed by atoms with E-state index in [4.69, 9.17) is 10.8 Å². The van der Waals surface area contributed by atoms with E-state index in [1.807, 2.05) is 0 Å². The fraction of sp³-hybridized carbons (Fsp3) is 0.800. The lowest BCUT2D eigenvalue weighted by Gasteiger charge is -2.34. The minimum Gasteiger partial charge on any atom is -0.396 e. The van der Waals surface area contributed by atoms with Crippen molar-refractivity contribution in [1.29, 1.82) is 0 Å². The maximum absolute atomic E-state index is 9.71. The van der Waals surface area contributed by atoms with Crippen LogP contribution < -0.4 is 5.73 Å². The molecule has 1 unspecified atom stereocenters. The SMILES string of the molecule is CC(C)C(CN)(CO)Cc1ccn(C2CCCC2)n1. The first-order valence-electron chi connectivity index (χ1n) is 7.46. The third-order valence-corrected chi connectivity index (χ3v) is 4.84. The van der Waals surface area contributed by atoms with Crippen LogP contribution in [-0.2, 0) is 6.42 Å². The molecule has 0 amide bonds. The van der Waals surface area contributed by atoms with E-state index in [0.717, 1.165) is 12.1 Å². The van der Waals surface area contributed by atoms with Gasteiger partial charge in [0.25, 0.3) is 0 Å². The molecule has 0 aliphatic heterocycles. The van der Waals surface area contributed by atoms with Crippen molar-refractivity contribution >= 4 is 0 Å². The van der Waals surface area contributed by atoms with Crippen LogP contribution in [0.3, 0.4) is 0 Å². The molecule has 3 N–H and O–H groups in total. The van der Waals surface area contributed by atoms with E-state index < -0.39 is 0 Å². The Labute approximate surface area is 116 Å². The van der Waals surface area contributed by atoms with Crippen LogP contribution in [0.5, 0.6) is 0 Å². The van der Waals surface area contributed by atoms with Gasteiger partial charge in [0.2, 0.25) is 0 Å². The number of aromatic nitrogens is 2. The van der Waals surface area contributed by atoms with E-state index in [-0.39, 0.29) is 12.0 Å².